The number of hydrogen-bond donors (Lipinski definition) is 0. The van der Waals surface area contributed by atoms with Crippen molar-refractivity contribution >= 4 is 22.9 Å². The van der Waals surface area contributed by atoms with Gasteiger partial charge in [-0.2, -0.15) is 10.2 Å². The van der Waals surface area contributed by atoms with Gasteiger partial charge in [-0.25, -0.2) is 4.52 Å². The number of hydrogen-bond acceptors (Lipinski definition) is 5. The van der Waals surface area contributed by atoms with Gasteiger partial charge in [-0.05, 0) is 6.07 Å². The zero-order chi connectivity index (χ0) is 21.4. The summed E-state index contributed by atoms with van der Waals surface area (Å²) in [6, 6.07) is 12.8. The first kappa shape index (κ1) is 19.0. The molecule has 31 heavy (non-hydrogen) atoms. The molecule has 1 aliphatic rings. The number of ketones is 1. The summed E-state index contributed by atoms with van der Waals surface area (Å²) in [7, 11) is 1.89. The number of rotatable bonds is 4. The minimum absolute atomic E-state index is 0.432. The lowest BCUT2D eigenvalue weighted by atomic mass is 10.1. The number of carbonyl (C=O) groups excluding carboxylic acids is 2. The molecular weight excluding hydrogens is 392 g/mol. The molecule has 8 nitrogen and oxygen atoms in total. The minimum atomic E-state index is -0.451. The standard InChI is InChI=1S/C23H22N6O2/c1-26-15-19(13-24-26)18-7-8-20-21(14-25-29(20)16-18)27-9-11-28(12-10-27)23(31)22(30)17-5-3-2-4-6-17/h2-8,13-16H,9-12H2,1H3. The predicted molar refractivity (Wildman–Crippen MR) is 117 cm³/mol. The Morgan fingerprint density at radius 2 is 1.61 bits per heavy atom. The Balaban J connectivity index is 1.29. The molecule has 5 rings (SSSR count). The highest BCUT2D eigenvalue weighted by atomic mass is 16.2. The fourth-order valence-corrected chi connectivity index (χ4v) is 3.96. The van der Waals surface area contributed by atoms with Crippen LogP contribution in [-0.4, -0.2) is 62.2 Å². The number of aryl methyl sites for hydroxylation is 1. The number of benzene rings is 1. The first-order valence-electron chi connectivity index (χ1n) is 10.2. The zero-order valence-corrected chi connectivity index (χ0v) is 17.2. The quantitative estimate of drug-likeness (QED) is 0.378. The SMILES string of the molecule is Cn1cc(-c2ccc3c(N4CCN(C(=O)C(=O)c5ccccc5)CC4)cnn3c2)cn1. The van der Waals surface area contributed by atoms with Crippen molar-refractivity contribution in [1.82, 2.24) is 24.3 Å². The maximum atomic E-state index is 12.6. The number of pyridine rings is 1. The third-order valence-corrected chi connectivity index (χ3v) is 5.67. The van der Waals surface area contributed by atoms with E-state index in [-0.39, 0.29) is 0 Å². The van der Waals surface area contributed by atoms with Crippen LogP contribution in [0.3, 0.4) is 0 Å². The average Bonchev–Trinajstić information content (AvgIpc) is 3.44. The summed E-state index contributed by atoms with van der Waals surface area (Å²) < 4.78 is 3.64. The molecule has 1 amide bonds. The van der Waals surface area contributed by atoms with Gasteiger partial charge >= 0.3 is 0 Å². The number of anilines is 1. The van der Waals surface area contributed by atoms with E-state index in [9.17, 15) is 9.59 Å². The second-order valence-electron chi connectivity index (χ2n) is 7.65. The Bertz CT molecular complexity index is 1250. The molecule has 8 heteroatoms. The van der Waals surface area contributed by atoms with Gasteiger partial charge in [-0.1, -0.05) is 36.4 Å². The van der Waals surface area contributed by atoms with E-state index in [2.05, 4.69) is 27.2 Å². The van der Waals surface area contributed by atoms with Crippen LogP contribution < -0.4 is 4.90 Å². The summed E-state index contributed by atoms with van der Waals surface area (Å²) in [4.78, 5) is 28.9. The van der Waals surface area contributed by atoms with Gasteiger partial charge in [0.25, 0.3) is 5.91 Å². The summed E-state index contributed by atoms with van der Waals surface area (Å²) in [5.74, 6) is -0.889. The minimum Gasteiger partial charge on any atom is -0.365 e. The Kier molecular flexibility index (Phi) is 4.74. The Hall–Kier alpha value is -3.94. The molecule has 1 saturated heterocycles. The van der Waals surface area contributed by atoms with Crippen molar-refractivity contribution in [2.24, 2.45) is 7.05 Å². The molecule has 0 saturated carbocycles. The zero-order valence-electron chi connectivity index (χ0n) is 17.2. The highest BCUT2D eigenvalue weighted by Crippen LogP contribution is 2.26. The lowest BCUT2D eigenvalue weighted by Gasteiger charge is -2.35. The second-order valence-corrected chi connectivity index (χ2v) is 7.65. The summed E-state index contributed by atoms with van der Waals surface area (Å²) in [6.45, 7) is 2.31. The third-order valence-electron chi connectivity index (χ3n) is 5.67. The molecular formula is C23H22N6O2. The summed E-state index contributed by atoms with van der Waals surface area (Å²) in [5.41, 5.74) is 4.55. The topological polar surface area (TPSA) is 75.7 Å². The van der Waals surface area contributed by atoms with Gasteiger partial charge < -0.3 is 9.80 Å². The highest BCUT2D eigenvalue weighted by molar-refractivity contribution is 6.42. The lowest BCUT2D eigenvalue weighted by Crippen LogP contribution is -2.50. The summed E-state index contributed by atoms with van der Waals surface area (Å²) in [6.07, 6.45) is 7.65. The molecule has 0 radical (unpaired) electrons. The van der Waals surface area contributed by atoms with Crippen LogP contribution in [0.1, 0.15) is 10.4 Å². The van der Waals surface area contributed by atoms with Crippen molar-refractivity contribution in [3.63, 3.8) is 0 Å². The molecule has 0 bridgehead atoms. The first-order valence-corrected chi connectivity index (χ1v) is 10.2. The van der Waals surface area contributed by atoms with Crippen LogP contribution in [0.25, 0.3) is 16.6 Å². The van der Waals surface area contributed by atoms with Crippen molar-refractivity contribution in [1.29, 1.82) is 0 Å². The van der Waals surface area contributed by atoms with Crippen LogP contribution in [0.4, 0.5) is 5.69 Å². The van der Waals surface area contributed by atoms with Crippen molar-refractivity contribution in [3.8, 4) is 11.1 Å². The molecule has 0 spiro atoms. The fraction of sp³-hybridized carbons (Fsp3) is 0.217. The Morgan fingerprint density at radius 1 is 0.839 bits per heavy atom. The highest BCUT2D eigenvalue weighted by Gasteiger charge is 2.27. The van der Waals surface area contributed by atoms with Crippen LogP contribution in [0.15, 0.2) is 67.3 Å². The normalized spacial score (nSPS) is 14.2. The van der Waals surface area contributed by atoms with Gasteiger partial charge in [0.05, 0.1) is 23.6 Å². The molecule has 0 unspecified atom stereocenters. The van der Waals surface area contributed by atoms with E-state index in [0.717, 1.165) is 22.3 Å². The predicted octanol–water partition coefficient (Wildman–Crippen LogP) is 2.27. The van der Waals surface area contributed by atoms with E-state index >= 15 is 0 Å². The van der Waals surface area contributed by atoms with Gasteiger partial charge in [-0.15, -0.1) is 0 Å². The molecule has 156 valence electrons. The fourth-order valence-electron chi connectivity index (χ4n) is 3.96. The molecule has 0 atom stereocenters. The molecule has 0 aliphatic carbocycles. The van der Waals surface area contributed by atoms with Gasteiger partial charge in [0.15, 0.2) is 0 Å². The summed E-state index contributed by atoms with van der Waals surface area (Å²) >= 11 is 0. The van der Waals surface area contributed by atoms with Gasteiger partial charge in [-0.3, -0.25) is 14.3 Å². The maximum absolute atomic E-state index is 12.6. The van der Waals surface area contributed by atoms with E-state index < -0.39 is 11.7 Å². The van der Waals surface area contributed by atoms with Gasteiger partial charge in [0.2, 0.25) is 5.78 Å². The number of piperazine rings is 1. The first-order chi connectivity index (χ1) is 15.1. The van der Waals surface area contributed by atoms with Crippen LogP contribution in [0.5, 0.6) is 0 Å². The van der Waals surface area contributed by atoms with Crippen LogP contribution >= 0.6 is 0 Å². The van der Waals surface area contributed by atoms with Crippen LogP contribution in [0.2, 0.25) is 0 Å². The molecule has 4 aromatic rings. The third kappa shape index (κ3) is 3.56. The van der Waals surface area contributed by atoms with E-state index in [1.165, 1.54) is 0 Å². The van der Waals surface area contributed by atoms with Crippen molar-refractivity contribution in [3.05, 3.63) is 72.8 Å². The monoisotopic (exact) mass is 414 g/mol. The number of aromatic nitrogens is 4. The average molecular weight is 414 g/mol. The van der Waals surface area contributed by atoms with E-state index in [0.29, 0.717) is 31.7 Å². The van der Waals surface area contributed by atoms with Crippen LogP contribution in [0, 0.1) is 0 Å². The van der Waals surface area contributed by atoms with Crippen molar-refractivity contribution in [2.45, 2.75) is 0 Å². The Labute approximate surface area is 179 Å². The number of carbonyl (C=O) groups is 2. The van der Waals surface area contributed by atoms with Crippen molar-refractivity contribution in [2.75, 3.05) is 31.1 Å². The molecule has 4 heterocycles. The molecule has 1 aromatic carbocycles. The molecule has 3 aromatic heterocycles. The maximum Gasteiger partial charge on any atom is 0.295 e. The number of fused-ring (bicyclic) bond motifs is 1. The van der Waals surface area contributed by atoms with E-state index in [1.807, 2.05) is 42.4 Å². The second kappa shape index (κ2) is 7.71. The molecule has 0 N–H and O–H groups in total. The number of nitrogens with zero attached hydrogens (tertiary/aromatic N) is 6. The summed E-state index contributed by atoms with van der Waals surface area (Å²) in [5, 5.41) is 8.75. The lowest BCUT2D eigenvalue weighted by molar-refractivity contribution is -0.126. The van der Waals surface area contributed by atoms with Gasteiger partial charge in [0, 0.05) is 62.3 Å². The Morgan fingerprint density at radius 3 is 2.32 bits per heavy atom. The molecule has 1 aliphatic heterocycles. The number of Topliss-reactive ketones (excluding diaryl/α,β-unsaturated/α-hetero) is 1. The molecule has 1 fully saturated rings. The smallest absolute Gasteiger partial charge is 0.295 e. The number of amides is 1. The van der Waals surface area contributed by atoms with Crippen molar-refractivity contribution < 1.29 is 9.59 Å². The van der Waals surface area contributed by atoms with Gasteiger partial charge in [0.1, 0.15) is 0 Å². The van der Waals surface area contributed by atoms with Crippen LogP contribution in [-0.2, 0) is 11.8 Å². The van der Waals surface area contributed by atoms with E-state index in [1.54, 1.807) is 33.8 Å². The largest absolute Gasteiger partial charge is 0.365 e. The van der Waals surface area contributed by atoms with E-state index in [4.69, 9.17) is 0 Å².